The van der Waals surface area contributed by atoms with Crippen molar-refractivity contribution in [2.75, 3.05) is 23.8 Å². The quantitative estimate of drug-likeness (QED) is 0.778. The van der Waals surface area contributed by atoms with Gasteiger partial charge in [0.2, 0.25) is 0 Å². The molecule has 1 heterocycles. The second kappa shape index (κ2) is 4.90. The molecule has 1 aliphatic rings. The fourth-order valence-corrected chi connectivity index (χ4v) is 2.98. The van der Waals surface area contributed by atoms with Crippen LogP contribution in [0.15, 0.2) is 24.3 Å². The molecule has 1 aliphatic heterocycles. The van der Waals surface area contributed by atoms with Gasteiger partial charge in [-0.15, -0.1) is 0 Å². The lowest BCUT2D eigenvalue weighted by Crippen LogP contribution is -2.39. The van der Waals surface area contributed by atoms with Crippen LogP contribution in [0.25, 0.3) is 0 Å². The molecule has 0 radical (unpaired) electrons. The number of nitrogen functional groups attached to an aromatic ring is 1. The summed E-state index contributed by atoms with van der Waals surface area (Å²) in [7, 11) is 0. The standard InChI is InChI=1S/C12H18N2S/c1-10-9-15-7-6-14(10)8-11-4-2-3-5-12(11)13/h2-5,10H,6-9,13H2,1H3. The highest BCUT2D eigenvalue weighted by Gasteiger charge is 2.18. The van der Waals surface area contributed by atoms with Gasteiger partial charge in [-0.3, -0.25) is 4.90 Å². The number of benzene rings is 1. The zero-order valence-corrected chi connectivity index (χ0v) is 9.96. The van der Waals surface area contributed by atoms with Crippen molar-refractivity contribution >= 4 is 17.4 Å². The van der Waals surface area contributed by atoms with E-state index in [-0.39, 0.29) is 0 Å². The highest BCUT2D eigenvalue weighted by atomic mass is 32.2. The minimum atomic E-state index is 0.670. The molecule has 1 unspecified atom stereocenters. The molecule has 3 heteroatoms. The molecule has 15 heavy (non-hydrogen) atoms. The third-order valence-electron chi connectivity index (χ3n) is 2.93. The summed E-state index contributed by atoms with van der Waals surface area (Å²) in [6.45, 7) is 4.47. The zero-order chi connectivity index (χ0) is 10.7. The molecule has 0 saturated carbocycles. The van der Waals surface area contributed by atoms with E-state index in [0.717, 1.165) is 12.2 Å². The monoisotopic (exact) mass is 222 g/mol. The van der Waals surface area contributed by atoms with Gasteiger partial charge in [-0.1, -0.05) is 18.2 Å². The van der Waals surface area contributed by atoms with Crippen LogP contribution in [0.2, 0.25) is 0 Å². The minimum Gasteiger partial charge on any atom is -0.398 e. The van der Waals surface area contributed by atoms with Gasteiger partial charge in [-0.25, -0.2) is 0 Å². The van der Waals surface area contributed by atoms with E-state index in [1.54, 1.807) is 0 Å². The summed E-state index contributed by atoms with van der Waals surface area (Å²) in [6, 6.07) is 8.84. The lowest BCUT2D eigenvalue weighted by Gasteiger charge is -2.33. The Morgan fingerprint density at radius 1 is 1.47 bits per heavy atom. The average Bonchev–Trinajstić information content (AvgIpc) is 2.24. The maximum atomic E-state index is 5.95. The van der Waals surface area contributed by atoms with Crippen molar-refractivity contribution < 1.29 is 0 Å². The Kier molecular flexibility index (Phi) is 3.54. The smallest absolute Gasteiger partial charge is 0.0359 e. The first-order valence-corrected chi connectivity index (χ1v) is 6.58. The molecular weight excluding hydrogens is 204 g/mol. The number of hydrogen-bond acceptors (Lipinski definition) is 3. The minimum absolute atomic E-state index is 0.670. The molecular formula is C12H18N2S. The molecule has 1 aromatic rings. The Balaban J connectivity index is 2.04. The predicted molar refractivity (Wildman–Crippen MR) is 68.1 cm³/mol. The molecule has 0 aromatic heterocycles. The Bertz CT molecular complexity index is 327. The fraction of sp³-hybridized carbons (Fsp3) is 0.500. The Morgan fingerprint density at radius 2 is 2.27 bits per heavy atom. The van der Waals surface area contributed by atoms with E-state index in [0.29, 0.717) is 6.04 Å². The van der Waals surface area contributed by atoms with Gasteiger partial charge >= 0.3 is 0 Å². The second-order valence-corrected chi connectivity index (χ2v) is 5.24. The average molecular weight is 222 g/mol. The van der Waals surface area contributed by atoms with Crippen LogP contribution in [0.4, 0.5) is 5.69 Å². The number of hydrogen-bond donors (Lipinski definition) is 1. The van der Waals surface area contributed by atoms with Crippen LogP contribution in [0, 0.1) is 0 Å². The van der Waals surface area contributed by atoms with E-state index in [9.17, 15) is 0 Å². The van der Waals surface area contributed by atoms with Gasteiger partial charge in [0.15, 0.2) is 0 Å². The SMILES string of the molecule is CC1CSCCN1Cc1ccccc1N. The number of nitrogens with zero attached hydrogens (tertiary/aromatic N) is 1. The Hall–Kier alpha value is -0.670. The van der Waals surface area contributed by atoms with Crippen LogP contribution in [0.5, 0.6) is 0 Å². The molecule has 0 aliphatic carbocycles. The van der Waals surface area contributed by atoms with Crippen LogP contribution in [-0.4, -0.2) is 29.0 Å². The van der Waals surface area contributed by atoms with Crippen LogP contribution in [0.3, 0.4) is 0 Å². The summed E-state index contributed by atoms with van der Waals surface area (Å²) in [4.78, 5) is 2.52. The van der Waals surface area contributed by atoms with Crippen LogP contribution >= 0.6 is 11.8 Å². The number of rotatable bonds is 2. The fourth-order valence-electron chi connectivity index (χ4n) is 1.89. The van der Waals surface area contributed by atoms with Gasteiger partial charge in [0.1, 0.15) is 0 Å². The van der Waals surface area contributed by atoms with Gasteiger partial charge in [0.05, 0.1) is 0 Å². The summed E-state index contributed by atoms with van der Waals surface area (Å²) in [5.74, 6) is 2.49. The van der Waals surface area contributed by atoms with Gasteiger partial charge in [0.25, 0.3) is 0 Å². The molecule has 1 saturated heterocycles. The molecule has 0 amide bonds. The van der Waals surface area contributed by atoms with E-state index < -0.39 is 0 Å². The van der Waals surface area contributed by atoms with E-state index in [1.807, 2.05) is 23.9 Å². The van der Waals surface area contributed by atoms with E-state index in [2.05, 4.69) is 24.0 Å². The maximum absolute atomic E-state index is 5.95. The molecule has 2 N–H and O–H groups in total. The van der Waals surface area contributed by atoms with E-state index >= 15 is 0 Å². The molecule has 0 bridgehead atoms. The van der Waals surface area contributed by atoms with E-state index in [1.165, 1.54) is 23.6 Å². The van der Waals surface area contributed by atoms with Crippen molar-refractivity contribution in [3.63, 3.8) is 0 Å². The lowest BCUT2D eigenvalue weighted by molar-refractivity contribution is 0.224. The normalized spacial score (nSPS) is 22.9. The molecule has 1 atom stereocenters. The van der Waals surface area contributed by atoms with Crippen molar-refractivity contribution in [2.24, 2.45) is 0 Å². The lowest BCUT2D eigenvalue weighted by atomic mass is 10.1. The van der Waals surface area contributed by atoms with Gasteiger partial charge in [0, 0.05) is 36.3 Å². The second-order valence-electron chi connectivity index (χ2n) is 4.09. The number of nitrogens with two attached hydrogens (primary N) is 1. The van der Waals surface area contributed by atoms with Crippen LogP contribution in [0.1, 0.15) is 12.5 Å². The molecule has 0 spiro atoms. The number of anilines is 1. The maximum Gasteiger partial charge on any atom is 0.0359 e. The van der Waals surface area contributed by atoms with Gasteiger partial charge in [-0.05, 0) is 18.6 Å². The zero-order valence-electron chi connectivity index (χ0n) is 9.15. The third kappa shape index (κ3) is 2.67. The first kappa shape index (κ1) is 10.8. The number of thioether (sulfide) groups is 1. The summed E-state index contributed by atoms with van der Waals surface area (Å²) in [5.41, 5.74) is 8.13. The predicted octanol–water partition coefficient (Wildman–Crippen LogP) is 2.21. The van der Waals surface area contributed by atoms with Gasteiger partial charge < -0.3 is 5.73 Å². The highest BCUT2D eigenvalue weighted by molar-refractivity contribution is 7.99. The summed E-state index contributed by atoms with van der Waals surface area (Å²) in [5, 5.41) is 0. The summed E-state index contributed by atoms with van der Waals surface area (Å²) >= 11 is 2.05. The third-order valence-corrected chi connectivity index (χ3v) is 4.12. The molecule has 1 fully saturated rings. The molecule has 1 aromatic carbocycles. The number of para-hydroxylation sites is 1. The summed E-state index contributed by atoms with van der Waals surface area (Å²) in [6.07, 6.45) is 0. The Morgan fingerprint density at radius 3 is 3.00 bits per heavy atom. The van der Waals surface area contributed by atoms with Crippen molar-refractivity contribution in [2.45, 2.75) is 19.5 Å². The van der Waals surface area contributed by atoms with Crippen molar-refractivity contribution in [1.82, 2.24) is 4.90 Å². The molecule has 2 nitrogen and oxygen atoms in total. The molecule has 2 rings (SSSR count). The van der Waals surface area contributed by atoms with Gasteiger partial charge in [-0.2, -0.15) is 11.8 Å². The van der Waals surface area contributed by atoms with E-state index in [4.69, 9.17) is 5.73 Å². The molecule has 82 valence electrons. The largest absolute Gasteiger partial charge is 0.398 e. The topological polar surface area (TPSA) is 29.3 Å². The van der Waals surface area contributed by atoms with Crippen molar-refractivity contribution in [3.05, 3.63) is 29.8 Å². The highest BCUT2D eigenvalue weighted by Crippen LogP contribution is 2.20. The van der Waals surface area contributed by atoms with Crippen LogP contribution < -0.4 is 5.73 Å². The van der Waals surface area contributed by atoms with Crippen molar-refractivity contribution in [3.8, 4) is 0 Å². The first-order valence-electron chi connectivity index (χ1n) is 5.42. The summed E-state index contributed by atoms with van der Waals surface area (Å²) < 4.78 is 0. The van der Waals surface area contributed by atoms with Crippen molar-refractivity contribution in [1.29, 1.82) is 0 Å². The van der Waals surface area contributed by atoms with Crippen LogP contribution in [-0.2, 0) is 6.54 Å². The first-order chi connectivity index (χ1) is 7.27. The Labute approximate surface area is 95.8 Å².